The molecule has 0 aromatic heterocycles. The number of aromatic hydroxyl groups is 2. The summed E-state index contributed by atoms with van der Waals surface area (Å²) in [4.78, 5) is 22.9. The molecule has 4 atom stereocenters. The van der Waals surface area contributed by atoms with E-state index >= 15 is 0 Å². The quantitative estimate of drug-likeness (QED) is 0.234. The number of rotatable bonds is 4. The molecule has 2 unspecified atom stereocenters. The van der Waals surface area contributed by atoms with Crippen molar-refractivity contribution in [3.8, 4) is 11.5 Å². The van der Waals surface area contributed by atoms with Crippen LogP contribution in [0.25, 0.3) is 6.08 Å². The summed E-state index contributed by atoms with van der Waals surface area (Å²) >= 11 is 0. The fraction of sp³-hybridized carbons (Fsp3) is 0.375. The van der Waals surface area contributed by atoms with Gasteiger partial charge in [-0.15, -0.1) is 0 Å². The molecule has 0 aliphatic heterocycles. The van der Waals surface area contributed by atoms with Gasteiger partial charge in [0.1, 0.15) is 12.2 Å². The van der Waals surface area contributed by atoms with Gasteiger partial charge in [0.15, 0.2) is 17.1 Å². The Kier molecular flexibility index (Phi) is 5.31. The molecule has 1 fully saturated rings. The minimum Gasteiger partial charge on any atom is -0.504 e. The average molecular weight is 354 g/mol. The molecule has 1 aliphatic rings. The smallest absolute Gasteiger partial charge is 0.335 e. The van der Waals surface area contributed by atoms with E-state index in [4.69, 9.17) is 9.84 Å². The fourth-order valence-electron chi connectivity index (χ4n) is 2.53. The molecule has 2 rings (SSSR count). The van der Waals surface area contributed by atoms with E-state index in [9.17, 15) is 35.1 Å². The van der Waals surface area contributed by atoms with Gasteiger partial charge in [0.05, 0.1) is 6.10 Å². The molecule has 0 radical (unpaired) electrons. The van der Waals surface area contributed by atoms with Gasteiger partial charge < -0.3 is 35.4 Å². The number of carboxylic acid groups (broad SMARTS) is 1. The van der Waals surface area contributed by atoms with E-state index in [-0.39, 0.29) is 11.5 Å². The van der Waals surface area contributed by atoms with Crippen molar-refractivity contribution in [3.63, 3.8) is 0 Å². The Labute approximate surface area is 142 Å². The van der Waals surface area contributed by atoms with Crippen LogP contribution in [0, 0.1) is 0 Å². The highest BCUT2D eigenvalue weighted by atomic mass is 16.6. The van der Waals surface area contributed by atoms with Crippen LogP contribution in [0.1, 0.15) is 18.4 Å². The SMILES string of the molecule is O=C(/C=C/c1ccc(O)c(O)c1)OC1C[C@@](O)(C(=O)O)CC(O)[C@H]1O. The summed E-state index contributed by atoms with van der Waals surface area (Å²) < 4.78 is 4.92. The van der Waals surface area contributed by atoms with Crippen molar-refractivity contribution >= 4 is 18.0 Å². The molecular weight excluding hydrogens is 336 g/mol. The first kappa shape index (κ1) is 18.7. The van der Waals surface area contributed by atoms with Gasteiger partial charge in [0, 0.05) is 18.9 Å². The Morgan fingerprint density at radius 3 is 2.44 bits per heavy atom. The lowest BCUT2D eigenvalue weighted by Gasteiger charge is -2.39. The maximum Gasteiger partial charge on any atom is 0.335 e. The zero-order valence-electron chi connectivity index (χ0n) is 12.9. The third-order valence-electron chi connectivity index (χ3n) is 3.94. The second-order valence-electron chi connectivity index (χ2n) is 5.86. The van der Waals surface area contributed by atoms with E-state index in [2.05, 4.69) is 0 Å². The predicted octanol–water partition coefficient (Wildman–Crippen LogP) is -0.646. The maximum atomic E-state index is 11.8. The van der Waals surface area contributed by atoms with Crippen LogP contribution in [0.15, 0.2) is 24.3 Å². The molecule has 136 valence electrons. The summed E-state index contributed by atoms with van der Waals surface area (Å²) in [7, 11) is 0. The van der Waals surface area contributed by atoms with Crippen LogP contribution in [0.5, 0.6) is 11.5 Å². The van der Waals surface area contributed by atoms with Crippen molar-refractivity contribution in [1.82, 2.24) is 0 Å². The molecule has 0 spiro atoms. The zero-order valence-corrected chi connectivity index (χ0v) is 12.9. The Balaban J connectivity index is 2.06. The number of carbonyl (C=O) groups excluding carboxylic acids is 1. The Bertz CT molecular complexity index is 699. The molecule has 9 heteroatoms. The van der Waals surface area contributed by atoms with E-state index < -0.39 is 48.7 Å². The average Bonchev–Trinajstić information content (AvgIpc) is 2.53. The lowest BCUT2D eigenvalue weighted by Crippen LogP contribution is -2.57. The summed E-state index contributed by atoms with van der Waals surface area (Å²) in [6.07, 6.45) is -3.44. The number of ether oxygens (including phenoxy) is 1. The largest absolute Gasteiger partial charge is 0.504 e. The summed E-state index contributed by atoms with van der Waals surface area (Å²) in [5.41, 5.74) is -1.94. The Hall–Kier alpha value is -2.62. The molecule has 0 saturated heterocycles. The third kappa shape index (κ3) is 4.27. The number of aliphatic hydroxyl groups is 3. The van der Waals surface area contributed by atoms with Gasteiger partial charge in [0.2, 0.25) is 0 Å². The number of hydrogen-bond acceptors (Lipinski definition) is 8. The van der Waals surface area contributed by atoms with Crippen LogP contribution in [-0.2, 0) is 14.3 Å². The van der Waals surface area contributed by atoms with E-state index in [1.54, 1.807) is 0 Å². The molecule has 0 amide bonds. The highest BCUT2D eigenvalue weighted by Gasteiger charge is 2.50. The van der Waals surface area contributed by atoms with Crippen molar-refractivity contribution in [2.75, 3.05) is 0 Å². The standard InChI is InChI=1S/C16H18O9/c17-9-3-1-8(5-10(9)18)2-4-13(20)25-12-7-16(24,15(22)23)6-11(19)14(12)21/h1-5,11-12,14,17-19,21,24H,6-7H2,(H,22,23)/b4-2+/t11?,12?,14-,16-/m1/s1. The van der Waals surface area contributed by atoms with E-state index in [0.717, 1.165) is 6.08 Å². The normalized spacial score (nSPS) is 29.5. The molecule has 9 nitrogen and oxygen atoms in total. The molecule has 1 aliphatic carbocycles. The Morgan fingerprint density at radius 2 is 1.84 bits per heavy atom. The zero-order chi connectivity index (χ0) is 18.8. The van der Waals surface area contributed by atoms with Crippen molar-refractivity contribution in [2.45, 2.75) is 36.8 Å². The minimum absolute atomic E-state index is 0.327. The number of benzene rings is 1. The molecule has 1 saturated carbocycles. The van der Waals surface area contributed by atoms with E-state index in [1.165, 1.54) is 24.3 Å². The number of hydrogen-bond donors (Lipinski definition) is 6. The lowest BCUT2D eigenvalue weighted by molar-refractivity contribution is -0.196. The first-order valence-corrected chi connectivity index (χ1v) is 7.35. The van der Waals surface area contributed by atoms with Crippen molar-refractivity contribution in [2.24, 2.45) is 0 Å². The van der Waals surface area contributed by atoms with Crippen molar-refractivity contribution in [3.05, 3.63) is 29.8 Å². The highest BCUT2D eigenvalue weighted by molar-refractivity contribution is 5.87. The summed E-state index contributed by atoms with van der Waals surface area (Å²) in [5, 5.41) is 57.0. The molecule has 0 bridgehead atoms. The second-order valence-corrected chi connectivity index (χ2v) is 5.86. The van der Waals surface area contributed by atoms with Crippen LogP contribution < -0.4 is 0 Å². The molecular formula is C16H18O9. The van der Waals surface area contributed by atoms with E-state index in [0.29, 0.717) is 5.56 Å². The van der Waals surface area contributed by atoms with Crippen LogP contribution in [0.3, 0.4) is 0 Å². The van der Waals surface area contributed by atoms with Crippen LogP contribution in [0.4, 0.5) is 0 Å². The summed E-state index contributed by atoms with van der Waals surface area (Å²) in [6, 6.07) is 3.83. The number of phenols is 2. The summed E-state index contributed by atoms with van der Waals surface area (Å²) in [6.45, 7) is 0. The van der Waals surface area contributed by atoms with Gasteiger partial charge in [-0.05, 0) is 23.8 Å². The highest BCUT2D eigenvalue weighted by Crippen LogP contribution is 2.31. The number of aliphatic hydroxyl groups excluding tert-OH is 2. The van der Waals surface area contributed by atoms with Gasteiger partial charge >= 0.3 is 11.9 Å². The Morgan fingerprint density at radius 1 is 1.16 bits per heavy atom. The van der Waals surface area contributed by atoms with Gasteiger partial charge in [-0.2, -0.15) is 0 Å². The number of carboxylic acids is 1. The lowest BCUT2D eigenvalue weighted by atomic mass is 9.79. The third-order valence-corrected chi connectivity index (χ3v) is 3.94. The second kappa shape index (κ2) is 7.09. The molecule has 1 aromatic carbocycles. The number of phenolic OH excluding ortho intramolecular Hbond substituents is 2. The van der Waals surface area contributed by atoms with Gasteiger partial charge in [-0.1, -0.05) is 6.07 Å². The van der Waals surface area contributed by atoms with Gasteiger partial charge in [0.25, 0.3) is 0 Å². The number of esters is 1. The minimum atomic E-state index is -2.31. The van der Waals surface area contributed by atoms with Crippen LogP contribution in [0.2, 0.25) is 0 Å². The van der Waals surface area contributed by atoms with Gasteiger partial charge in [-0.3, -0.25) is 0 Å². The first-order valence-electron chi connectivity index (χ1n) is 7.35. The topological polar surface area (TPSA) is 165 Å². The maximum absolute atomic E-state index is 11.8. The molecule has 0 heterocycles. The first-order chi connectivity index (χ1) is 11.6. The van der Waals surface area contributed by atoms with Crippen molar-refractivity contribution in [1.29, 1.82) is 0 Å². The van der Waals surface area contributed by atoms with Gasteiger partial charge in [-0.25, -0.2) is 9.59 Å². The number of carbonyl (C=O) groups is 2. The molecule has 25 heavy (non-hydrogen) atoms. The summed E-state index contributed by atoms with van der Waals surface area (Å²) in [5.74, 6) is -3.24. The van der Waals surface area contributed by atoms with E-state index in [1.807, 2.05) is 0 Å². The van der Waals surface area contributed by atoms with Crippen LogP contribution in [-0.4, -0.2) is 66.5 Å². The number of aliphatic carboxylic acids is 1. The van der Waals surface area contributed by atoms with Crippen molar-refractivity contribution < 1.29 is 45.0 Å². The predicted molar refractivity (Wildman–Crippen MR) is 82.5 cm³/mol. The molecule has 1 aromatic rings. The van der Waals surface area contributed by atoms with Crippen LogP contribution >= 0.6 is 0 Å². The molecule has 6 N–H and O–H groups in total. The monoisotopic (exact) mass is 354 g/mol. The fourth-order valence-corrected chi connectivity index (χ4v) is 2.53.